The molecule has 0 atom stereocenters. The van der Waals surface area contributed by atoms with Crippen LogP contribution in [0.15, 0.2) is 67.0 Å². The second kappa shape index (κ2) is 10.9. The number of aromatic nitrogens is 2. The first-order valence-corrected chi connectivity index (χ1v) is 11.2. The van der Waals surface area contributed by atoms with E-state index in [4.69, 9.17) is 4.74 Å². The lowest BCUT2D eigenvalue weighted by molar-refractivity contribution is 0.0949. The van der Waals surface area contributed by atoms with E-state index in [2.05, 4.69) is 50.5 Å². The molecule has 1 aliphatic rings. The van der Waals surface area contributed by atoms with E-state index in [-0.39, 0.29) is 12.0 Å². The third-order valence-electron chi connectivity index (χ3n) is 5.78. The number of benzene rings is 2. The molecule has 0 spiro atoms. The minimum atomic E-state index is -0.134. The Morgan fingerprint density at radius 2 is 1.78 bits per heavy atom. The predicted molar refractivity (Wildman–Crippen MR) is 125 cm³/mol. The van der Waals surface area contributed by atoms with Crippen LogP contribution in [0.2, 0.25) is 0 Å². The van der Waals surface area contributed by atoms with Crippen molar-refractivity contribution < 1.29 is 9.53 Å². The van der Waals surface area contributed by atoms with Crippen molar-refractivity contribution in [1.82, 2.24) is 20.2 Å². The van der Waals surface area contributed by atoms with Gasteiger partial charge >= 0.3 is 0 Å². The van der Waals surface area contributed by atoms with Gasteiger partial charge in [-0.25, -0.2) is 0 Å². The Labute approximate surface area is 189 Å². The highest BCUT2D eigenvalue weighted by Crippen LogP contribution is 2.20. The molecule has 0 aliphatic carbocycles. The number of hydrogen-bond donors (Lipinski definition) is 1. The lowest BCUT2D eigenvalue weighted by atomic mass is 10.1. The zero-order chi connectivity index (χ0) is 22.2. The molecule has 1 amide bonds. The molecule has 6 heteroatoms. The molecule has 1 N–H and O–H groups in total. The molecule has 1 aliphatic heterocycles. The fourth-order valence-corrected chi connectivity index (χ4v) is 3.84. The van der Waals surface area contributed by atoms with E-state index >= 15 is 0 Å². The molecule has 0 saturated carbocycles. The van der Waals surface area contributed by atoms with Gasteiger partial charge in [-0.2, -0.15) is 0 Å². The maximum absolute atomic E-state index is 12.4. The Morgan fingerprint density at radius 3 is 2.47 bits per heavy atom. The van der Waals surface area contributed by atoms with Crippen molar-refractivity contribution in [1.29, 1.82) is 0 Å². The summed E-state index contributed by atoms with van der Waals surface area (Å²) in [7, 11) is 0. The third-order valence-corrected chi connectivity index (χ3v) is 5.78. The van der Waals surface area contributed by atoms with Crippen LogP contribution in [0.1, 0.15) is 40.2 Å². The van der Waals surface area contributed by atoms with Crippen molar-refractivity contribution in [2.24, 2.45) is 0 Å². The summed E-state index contributed by atoms with van der Waals surface area (Å²) in [6.07, 6.45) is 6.74. The molecule has 6 nitrogen and oxygen atoms in total. The minimum Gasteiger partial charge on any atom is -0.490 e. The van der Waals surface area contributed by atoms with Crippen LogP contribution >= 0.6 is 0 Å². The van der Waals surface area contributed by atoms with Gasteiger partial charge in [0.15, 0.2) is 0 Å². The first-order chi connectivity index (χ1) is 15.7. The molecule has 32 heavy (non-hydrogen) atoms. The molecule has 0 bridgehead atoms. The van der Waals surface area contributed by atoms with Crippen LogP contribution in [0.25, 0.3) is 0 Å². The SMILES string of the molecule is Cc1cnc(CNC(=O)c2ccc(OC3CCN(CCc4ccccc4)CC3)cc2)cn1. The van der Waals surface area contributed by atoms with Gasteiger partial charge in [-0.05, 0) is 56.0 Å². The Hall–Kier alpha value is -3.25. The summed E-state index contributed by atoms with van der Waals surface area (Å²) in [6, 6.07) is 18.0. The number of hydrogen-bond acceptors (Lipinski definition) is 5. The van der Waals surface area contributed by atoms with Crippen LogP contribution in [0.4, 0.5) is 0 Å². The first-order valence-electron chi connectivity index (χ1n) is 11.2. The Bertz CT molecular complexity index is 983. The van der Waals surface area contributed by atoms with Crippen molar-refractivity contribution in [2.75, 3.05) is 19.6 Å². The summed E-state index contributed by atoms with van der Waals surface area (Å²) in [6.45, 7) is 5.44. The predicted octanol–water partition coefficient (Wildman–Crippen LogP) is 3.80. The molecule has 4 rings (SSSR count). The average molecular weight is 431 g/mol. The number of carbonyl (C=O) groups is 1. The van der Waals surface area contributed by atoms with E-state index in [9.17, 15) is 4.79 Å². The van der Waals surface area contributed by atoms with Crippen LogP contribution in [0.5, 0.6) is 5.75 Å². The number of rotatable bonds is 8. The van der Waals surface area contributed by atoms with E-state index in [1.807, 2.05) is 19.1 Å². The summed E-state index contributed by atoms with van der Waals surface area (Å²) in [5, 5.41) is 2.88. The molecule has 2 aromatic carbocycles. The Kier molecular flexibility index (Phi) is 7.46. The van der Waals surface area contributed by atoms with Gasteiger partial charge < -0.3 is 15.0 Å². The van der Waals surface area contributed by atoms with Crippen LogP contribution < -0.4 is 10.1 Å². The number of ether oxygens (including phenoxy) is 1. The van der Waals surface area contributed by atoms with Crippen LogP contribution in [-0.2, 0) is 13.0 Å². The highest BCUT2D eigenvalue weighted by Gasteiger charge is 2.20. The first kappa shape index (κ1) is 22.0. The van der Waals surface area contributed by atoms with Crippen molar-refractivity contribution in [2.45, 2.75) is 38.8 Å². The zero-order valence-corrected chi connectivity index (χ0v) is 18.5. The molecular formula is C26H30N4O2. The van der Waals surface area contributed by atoms with Crippen LogP contribution in [0.3, 0.4) is 0 Å². The van der Waals surface area contributed by atoms with Gasteiger partial charge in [0.25, 0.3) is 5.91 Å². The van der Waals surface area contributed by atoms with Gasteiger partial charge in [-0.1, -0.05) is 30.3 Å². The molecule has 2 heterocycles. The van der Waals surface area contributed by atoms with Gasteiger partial charge in [0.05, 0.1) is 24.1 Å². The molecule has 0 radical (unpaired) electrons. The number of aryl methyl sites for hydroxylation is 1. The number of likely N-dealkylation sites (tertiary alicyclic amines) is 1. The second-order valence-corrected chi connectivity index (χ2v) is 8.25. The van der Waals surface area contributed by atoms with E-state index in [0.29, 0.717) is 12.1 Å². The summed E-state index contributed by atoms with van der Waals surface area (Å²) < 4.78 is 6.16. The molecular weight excluding hydrogens is 400 g/mol. The topological polar surface area (TPSA) is 67.3 Å². The maximum Gasteiger partial charge on any atom is 0.251 e. The van der Waals surface area contributed by atoms with Crippen molar-refractivity contribution in [3.05, 3.63) is 89.5 Å². The highest BCUT2D eigenvalue weighted by molar-refractivity contribution is 5.94. The van der Waals surface area contributed by atoms with Gasteiger partial charge in [0.2, 0.25) is 0 Å². The standard InChI is InChI=1S/C26H30N4O2/c1-20-17-28-23(18-27-20)19-29-26(31)22-7-9-24(10-8-22)32-25-12-15-30(16-13-25)14-11-21-5-3-2-4-6-21/h2-10,17-18,25H,11-16,19H2,1H3,(H,29,31). The van der Waals surface area contributed by atoms with Gasteiger partial charge in [0, 0.05) is 31.4 Å². The van der Waals surface area contributed by atoms with E-state index in [0.717, 1.165) is 56.0 Å². The Balaban J connectivity index is 1.19. The van der Waals surface area contributed by atoms with E-state index < -0.39 is 0 Å². The van der Waals surface area contributed by atoms with E-state index in [1.54, 1.807) is 24.5 Å². The number of amides is 1. The highest BCUT2D eigenvalue weighted by atomic mass is 16.5. The molecule has 166 valence electrons. The maximum atomic E-state index is 12.4. The van der Waals surface area contributed by atoms with Crippen molar-refractivity contribution in [3.63, 3.8) is 0 Å². The summed E-state index contributed by atoms with van der Waals surface area (Å²) >= 11 is 0. The number of nitrogens with one attached hydrogen (secondary N) is 1. The fourth-order valence-electron chi connectivity index (χ4n) is 3.84. The van der Waals surface area contributed by atoms with Crippen LogP contribution in [-0.4, -0.2) is 46.5 Å². The zero-order valence-electron chi connectivity index (χ0n) is 18.5. The van der Waals surface area contributed by atoms with Gasteiger partial charge in [0.1, 0.15) is 11.9 Å². The summed E-state index contributed by atoms with van der Waals surface area (Å²) in [5.41, 5.74) is 3.59. The molecule has 0 unspecified atom stereocenters. The molecule has 1 saturated heterocycles. The Morgan fingerprint density at radius 1 is 1.03 bits per heavy atom. The minimum absolute atomic E-state index is 0.134. The summed E-state index contributed by atoms with van der Waals surface area (Å²) in [4.78, 5) is 23.3. The van der Waals surface area contributed by atoms with Gasteiger partial charge in [-0.15, -0.1) is 0 Å². The quantitative estimate of drug-likeness (QED) is 0.589. The largest absolute Gasteiger partial charge is 0.490 e. The van der Waals surface area contributed by atoms with Gasteiger partial charge in [-0.3, -0.25) is 14.8 Å². The van der Waals surface area contributed by atoms with Crippen molar-refractivity contribution in [3.8, 4) is 5.75 Å². The lowest BCUT2D eigenvalue weighted by Gasteiger charge is -2.32. The smallest absolute Gasteiger partial charge is 0.251 e. The number of nitrogens with zero attached hydrogens (tertiary/aromatic N) is 3. The third kappa shape index (κ3) is 6.37. The van der Waals surface area contributed by atoms with Crippen LogP contribution in [0, 0.1) is 6.92 Å². The van der Waals surface area contributed by atoms with Crippen molar-refractivity contribution >= 4 is 5.91 Å². The van der Waals surface area contributed by atoms with E-state index in [1.165, 1.54) is 5.56 Å². The average Bonchev–Trinajstić information content (AvgIpc) is 2.84. The lowest BCUT2D eigenvalue weighted by Crippen LogP contribution is -2.39. The number of piperidine rings is 1. The molecule has 1 aromatic heterocycles. The normalized spacial score (nSPS) is 14.8. The fraction of sp³-hybridized carbons (Fsp3) is 0.346. The molecule has 3 aromatic rings. The summed E-state index contributed by atoms with van der Waals surface area (Å²) in [5.74, 6) is 0.680. The molecule has 1 fully saturated rings. The monoisotopic (exact) mass is 430 g/mol. The second-order valence-electron chi connectivity index (χ2n) is 8.25. The number of carbonyl (C=O) groups excluding carboxylic acids is 1.